The first-order valence-electron chi connectivity index (χ1n) is 10.1. The van der Waals surface area contributed by atoms with E-state index >= 15 is 0 Å². The molecule has 160 valence electrons. The highest BCUT2D eigenvalue weighted by Crippen LogP contribution is 2.38. The topological polar surface area (TPSA) is 96.9 Å². The van der Waals surface area contributed by atoms with Crippen molar-refractivity contribution in [3.63, 3.8) is 0 Å². The number of nitrogens with zero attached hydrogens (tertiary/aromatic N) is 3. The Morgan fingerprint density at radius 2 is 1.94 bits per heavy atom. The zero-order chi connectivity index (χ0) is 22.3. The Labute approximate surface area is 178 Å². The molecule has 1 amide bonds. The number of amides is 1. The normalized spacial score (nSPS) is 15.7. The van der Waals surface area contributed by atoms with Crippen LogP contribution in [0.25, 0.3) is 11.0 Å². The lowest BCUT2D eigenvalue weighted by Gasteiger charge is -2.26. The SMILES string of the molecule is CCc1ccc2oc3c(c(=O)c2c1)C(c1cccc([N+](=O)[O-])c1)N(CCN(C)C)C3=O. The number of nitro benzene ring substituents is 1. The van der Waals surface area contributed by atoms with Crippen LogP contribution in [0, 0.1) is 10.1 Å². The minimum atomic E-state index is -0.742. The molecule has 0 fully saturated rings. The first-order valence-corrected chi connectivity index (χ1v) is 10.1. The van der Waals surface area contributed by atoms with Gasteiger partial charge in [0.1, 0.15) is 5.58 Å². The second kappa shape index (κ2) is 7.96. The molecule has 0 aliphatic carbocycles. The van der Waals surface area contributed by atoms with Crippen LogP contribution in [-0.4, -0.2) is 47.8 Å². The minimum absolute atomic E-state index is 0.0111. The van der Waals surface area contributed by atoms with Gasteiger partial charge in [0.25, 0.3) is 11.6 Å². The number of rotatable bonds is 6. The third-order valence-corrected chi connectivity index (χ3v) is 5.62. The van der Waals surface area contributed by atoms with Crippen molar-refractivity contribution in [3.05, 3.63) is 85.3 Å². The van der Waals surface area contributed by atoms with Crippen LogP contribution < -0.4 is 5.43 Å². The quantitative estimate of drug-likeness (QED) is 0.447. The summed E-state index contributed by atoms with van der Waals surface area (Å²) in [6.07, 6.45) is 0.759. The summed E-state index contributed by atoms with van der Waals surface area (Å²) in [6, 6.07) is 10.7. The van der Waals surface area contributed by atoms with Gasteiger partial charge in [-0.05, 0) is 43.8 Å². The lowest BCUT2D eigenvalue weighted by molar-refractivity contribution is -0.384. The molecule has 4 rings (SSSR count). The summed E-state index contributed by atoms with van der Waals surface area (Å²) in [5.41, 5.74) is 1.73. The molecular formula is C23H23N3O5. The highest BCUT2D eigenvalue weighted by molar-refractivity contribution is 5.99. The molecule has 1 aliphatic heterocycles. The average Bonchev–Trinajstić information content (AvgIpc) is 3.04. The largest absolute Gasteiger partial charge is 0.450 e. The summed E-state index contributed by atoms with van der Waals surface area (Å²) in [5, 5.41) is 11.7. The molecule has 31 heavy (non-hydrogen) atoms. The molecule has 2 aromatic carbocycles. The van der Waals surface area contributed by atoms with Gasteiger partial charge in [-0.15, -0.1) is 0 Å². The fraction of sp³-hybridized carbons (Fsp3) is 0.304. The Morgan fingerprint density at radius 3 is 2.61 bits per heavy atom. The summed E-state index contributed by atoms with van der Waals surface area (Å²) in [6.45, 7) is 2.91. The molecule has 8 nitrogen and oxygen atoms in total. The maximum absolute atomic E-state index is 13.5. The van der Waals surface area contributed by atoms with Crippen LogP contribution in [0.1, 0.15) is 40.2 Å². The van der Waals surface area contributed by atoms with Crippen LogP contribution in [-0.2, 0) is 6.42 Å². The van der Waals surface area contributed by atoms with Crippen molar-refractivity contribution in [1.82, 2.24) is 9.80 Å². The number of nitro groups is 1. The van der Waals surface area contributed by atoms with Crippen molar-refractivity contribution < 1.29 is 14.1 Å². The first kappa shape index (κ1) is 20.7. The van der Waals surface area contributed by atoms with Crippen molar-refractivity contribution >= 4 is 22.6 Å². The van der Waals surface area contributed by atoms with E-state index in [4.69, 9.17) is 4.42 Å². The summed E-state index contributed by atoms with van der Waals surface area (Å²) in [5.74, 6) is -0.371. The smallest absolute Gasteiger partial charge is 0.290 e. The number of fused-ring (bicyclic) bond motifs is 2. The number of benzene rings is 2. The second-order valence-corrected chi connectivity index (χ2v) is 7.91. The fourth-order valence-electron chi connectivity index (χ4n) is 3.98. The van der Waals surface area contributed by atoms with E-state index in [1.807, 2.05) is 32.0 Å². The van der Waals surface area contributed by atoms with Crippen molar-refractivity contribution in [2.45, 2.75) is 19.4 Å². The maximum Gasteiger partial charge on any atom is 0.290 e. The summed E-state index contributed by atoms with van der Waals surface area (Å²) < 4.78 is 5.92. The monoisotopic (exact) mass is 421 g/mol. The average molecular weight is 421 g/mol. The predicted molar refractivity (Wildman–Crippen MR) is 116 cm³/mol. The van der Waals surface area contributed by atoms with E-state index in [0.29, 0.717) is 29.6 Å². The second-order valence-electron chi connectivity index (χ2n) is 7.91. The third-order valence-electron chi connectivity index (χ3n) is 5.62. The molecule has 1 atom stereocenters. The van der Waals surface area contributed by atoms with Gasteiger partial charge >= 0.3 is 0 Å². The van der Waals surface area contributed by atoms with E-state index in [1.165, 1.54) is 12.1 Å². The van der Waals surface area contributed by atoms with Crippen molar-refractivity contribution in [2.24, 2.45) is 0 Å². The molecule has 8 heteroatoms. The number of hydrogen-bond donors (Lipinski definition) is 0. The van der Waals surface area contributed by atoms with Gasteiger partial charge in [-0.3, -0.25) is 19.7 Å². The van der Waals surface area contributed by atoms with Crippen molar-refractivity contribution in [1.29, 1.82) is 0 Å². The Morgan fingerprint density at radius 1 is 1.16 bits per heavy atom. The van der Waals surface area contributed by atoms with E-state index in [-0.39, 0.29) is 28.3 Å². The van der Waals surface area contributed by atoms with Gasteiger partial charge in [0.15, 0.2) is 5.43 Å². The Bertz CT molecular complexity index is 1250. The van der Waals surface area contributed by atoms with Gasteiger partial charge in [-0.2, -0.15) is 0 Å². The molecule has 1 aliphatic rings. The van der Waals surface area contributed by atoms with E-state index < -0.39 is 11.0 Å². The fourth-order valence-corrected chi connectivity index (χ4v) is 3.98. The third kappa shape index (κ3) is 3.59. The number of carbonyl (C=O) groups excluding carboxylic acids is 1. The van der Waals surface area contributed by atoms with E-state index in [1.54, 1.807) is 29.2 Å². The lowest BCUT2D eigenvalue weighted by atomic mass is 9.97. The molecule has 0 saturated heterocycles. The summed E-state index contributed by atoms with van der Waals surface area (Å²) in [4.78, 5) is 41.1. The van der Waals surface area contributed by atoms with Crippen LogP contribution in [0.5, 0.6) is 0 Å². The standard InChI is InChI=1S/C23H23N3O5/c1-4-14-8-9-18-17(12-14)21(27)19-20(15-6-5-7-16(13-15)26(29)30)25(11-10-24(2)3)23(28)22(19)31-18/h5-9,12-13,20H,4,10-11H2,1-3H3. The first-order chi connectivity index (χ1) is 14.8. The number of carbonyl (C=O) groups is 1. The number of likely N-dealkylation sites (N-methyl/N-ethyl adjacent to an activating group) is 1. The predicted octanol–water partition coefficient (Wildman–Crippen LogP) is 3.37. The van der Waals surface area contributed by atoms with Crippen LogP contribution in [0.3, 0.4) is 0 Å². The van der Waals surface area contributed by atoms with Gasteiger partial charge in [0.2, 0.25) is 5.76 Å². The molecule has 3 aromatic rings. The van der Waals surface area contributed by atoms with Gasteiger partial charge in [-0.1, -0.05) is 25.1 Å². The molecular weight excluding hydrogens is 398 g/mol. The van der Waals surface area contributed by atoms with Crippen LogP contribution in [0.15, 0.2) is 51.7 Å². The lowest BCUT2D eigenvalue weighted by Crippen LogP contribution is -2.35. The molecule has 1 unspecified atom stereocenters. The molecule has 0 radical (unpaired) electrons. The highest BCUT2D eigenvalue weighted by atomic mass is 16.6. The van der Waals surface area contributed by atoms with E-state index in [9.17, 15) is 19.7 Å². The molecule has 1 aromatic heterocycles. The van der Waals surface area contributed by atoms with Crippen LogP contribution in [0.4, 0.5) is 5.69 Å². The van der Waals surface area contributed by atoms with Gasteiger partial charge < -0.3 is 14.2 Å². The zero-order valence-corrected chi connectivity index (χ0v) is 17.6. The van der Waals surface area contributed by atoms with E-state index in [2.05, 4.69) is 0 Å². The number of hydrogen-bond acceptors (Lipinski definition) is 6. The molecule has 0 saturated carbocycles. The Kier molecular flexibility index (Phi) is 5.32. The number of aryl methyl sites for hydroxylation is 1. The number of non-ortho nitro benzene ring substituents is 1. The molecule has 0 bridgehead atoms. The molecule has 0 spiro atoms. The van der Waals surface area contributed by atoms with Gasteiger partial charge in [-0.25, -0.2) is 0 Å². The minimum Gasteiger partial charge on any atom is -0.450 e. The van der Waals surface area contributed by atoms with Crippen molar-refractivity contribution in [2.75, 3.05) is 27.2 Å². The zero-order valence-electron chi connectivity index (χ0n) is 17.6. The maximum atomic E-state index is 13.5. The highest BCUT2D eigenvalue weighted by Gasteiger charge is 2.42. The Hall–Kier alpha value is -3.52. The molecule has 2 heterocycles. The summed E-state index contributed by atoms with van der Waals surface area (Å²) in [7, 11) is 3.78. The van der Waals surface area contributed by atoms with Crippen LogP contribution in [0.2, 0.25) is 0 Å². The summed E-state index contributed by atoms with van der Waals surface area (Å²) >= 11 is 0. The van der Waals surface area contributed by atoms with Crippen molar-refractivity contribution in [3.8, 4) is 0 Å². The Balaban J connectivity index is 1.95. The van der Waals surface area contributed by atoms with E-state index in [0.717, 1.165) is 12.0 Å². The molecule has 0 N–H and O–H groups in total. The van der Waals surface area contributed by atoms with Gasteiger partial charge in [0, 0.05) is 25.2 Å². The van der Waals surface area contributed by atoms with Gasteiger partial charge in [0.05, 0.1) is 21.9 Å². The van der Waals surface area contributed by atoms with Crippen LogP contribution >= 0.6 is 0 Å².